The standard InChI is InChI=1S/C23H28O6/c1-6-7-8-16(11-15-9-10-19(27-3)20(12-15)28-4)23(25)22-18(24)13-17(26-2)14-21(22)29-5/h9-14,24H,6-8H2,1-5H3/b16-11+. The largest absolute Gasteiger partial charge is 0.507 e. The first kappa shape index (κ1) is 22.1. The van der Waals surface area contributed by atoms with E-state index in [9.17, 15) is 9.90 Å². The highest BCUT2D eigenvalue weighted by Gasteiger charge is 2.22. The molecule has 0 heterocycles. The van der Waals surface area contributed by atoms with Crippen LogP contribution in [0.5, 0.6) is 28.7 Å². The Balaban J connectivity index is 2.53. The highest BCUT2D eigenvalue weighted by atomic mass is 16.5. The van der Waals surface area contributed by atoms with E-state index in [-0.39, 0.29) is 22.8 Å². The van der Waals surface area contributed by atoms with Gasteiger partial charge in [0, 0.05) is 17.7 Å². The molecule has 0 fully saturated rings. The lowest BCUT2D eigenvalue weighted by molar-refractivity contribution is 0.102. The van der Waals surface area contributed by atoms with Crippen LogP contribution < -0.4 is 18.9 Å². The van der Waals surface area contributed by atoms with Crippen LogP contribution in [0.3, 0.4) is 0 Å². The van der Waals surface area contributed by atoms with Gasteiger partial charge in [-0.15, -0.1) is 0 Å². The molecule has 0 radical (unpaired) electrons. The first-order valence-corrected chi connectivity index (χ1v) is 9.41. The summed E-state index contributed by atoms with van der Waals surface area (Å²) in [5.41, 5.74) is 1.49. The van der Waals surface area contributed by atoms with Crippen LogP contribution in [-0.4, -0.2) is 39.3 Å². The monoisotopic (exact) mass is 400 g/mol. The fraction of sp³-hybridized carbons (Fsp3) is 0.348. The Bertz CT molecular complexity index is 885. The molecule has 6 heteroatoms. The van der Waals surface area contributed by atoms with Crippen molar-refractivity contribution in [2.75, 3.05) is 28.4 Å². The third kappa shape index (κ3) is 5.22. The molecule has 2 aromatic rings. The summed E-state index contributed by atoms with van der Waals surface area (Å²) in [7, 11) is 6.07. The summed E-state index contributed by atoms with van der Waals surface area (Å²) >= 11 is 0. The molecule has 0 aromatic heterocycles. The molecule has 0 saturated carbocycles. The molecule has 0 spiro atoms. The smallest absolute Gasteiger partial charge is 0.196 e. The van der Waals surface area contributed by atoms with E-state index in [4.69, 9.17) is 18.9 Å². The number of carbonyl (C=O) groups is 1. The molecule has 156 valence electrons. The Hall–Kier alpha value is -3.15. The molecule has 0 aliphatic rings. The van der Waals surface area contributed by atoms with Gasteiger partial charge in [0.1, 0.15) is 22.8 Å². The number of ether oxygens (including phenoxy) is 4. The van der Waals surface area contributed by atoms with Crippen molar-refractivity contribution in [3.05, 3.63) is 47.0 Å². The molecule has 0 saturated heterocycles. The number of benzene rings is 2. The first-order chi connectivity index (χ1) is 14.0. The van der Waals surface area contributed by atoms with E-state index >= 15 is 0 Å². The maximum atomic E-state index is 13.3. The quantitative estimate of drug-likeness (QED) is 0.452. The summed E-state index contributed by atoms with van der Waals surface area (Å²) in [6.07, 6.45) is 4.15. The topological polar surface area (TPSA) is 74.2 Å². The van der Waals surface area contributed by atoms with Gasteiger partial charge in [0.05, 0.1) is 28.4 Å². The Morgan fingerprint density at radius 2 is 1.62 bits per heavy atom. The summed E-state index contributed by atoms with van der Waals surface area (Å²) in [4.78, 5) is 13.3. The fourth-order valence-electron chi connectivity index (χ4n) is 3.01. The SMILES string of the molecule is CCCC/C(=C\c1ccc(OC)c(OC)c1)C(=O)c1c(O)cc(OC)cc1OC. The number of rotatable bonds is 10. The number of Topliss-reactive ketones (excluding diaryl/α,β-unsaturated/α-hetero) is 1. The Kier molecular flexibility index (Phi) is 7.95. The molecule has 0 aliphatic heterocycles. The van der Waals surface area contributed by atoms with Crippen molar-refractivity contribution >= 4 is 11.9 Å². The van der Waals surface area contributed by atoms with E-state index in [0.717, 1.165) is 18.4 Å². The molecule has 0 atom stereocenters. The minimum Gasteiger partial charge on any atom is -0.507 e. The van der Waals surface area contributed by atoms with Crippen LogP contribution >= 0.6 is 0 Å². The highest BCUT2D eigenvalue weighted by Crippen LogP contribution is 2.36. The molecular weight excluding hydrogens is 372 g/mol. The number of hydrogen-bond donors (Lipinski definition) is 1. The number of allylic oxidation sites excluding steroid dienone is 1. The van der Waals surface area contributed by atoms with Gasteiger partial charge in [0.15, 0.2) is 17.3 Å². The Labute approximate surface area is 171 Å². The molecule has 2 aromatic carbocycles. The lowest BCUT2D eigenvalue weighted by Crippen LogP contribution is -2.07. The van der Waals surface area contributed by atoms with Crippen LogP contribution in [0, 0.1) is 0 Å². The number of phenolic OH excluding ortho intramolecular Hbond substituents is 1. The van der Waals surface area contributed by atoms with E-state index < -0.39 is 0 Å². The maximum Gasteiger partial charge on any atom is 0.196 e. The van der Waals surface area contributed by atoms with Crippen molar-refractivity contribution in [2.45, 2.75) is 26.2 Å². The summed E-state index contributed by atoms with van der Waals surface area (Å²) in [5.74, 6) is 1.40. The molecular formula is C23H28O6. The van der Waals surface area contributed by atoms with Gasteiger partial charge in [0.2, 0.25) is 0 Å². The lowest BCUT2D eigenvalue weighted by Gasteiger charge is -2.14. The number of ketones is 1. The van der Waals surface area contributed by atoms with Crippen molar-refractivity contribution < 1.29 is 28.8 Å². The van der Waals surface area contributed by atoms with Gasteiger partial charge in [-0.3, -0.25) is 4.79 Å². The highest BCUT2D eigenvalue weighted by molar-refractivity contribution is 6.14. The number of phenols is 1. The molecule has 0 bridgehead atoms. The molecule has 0 aliphatic carbocycles. The summed E-state index contributed by atoms with van der Waals surface area (Å²) in [6, 6.07) is 8.44. The van der Waals surface area contributed by atoms with Gasteiger partial charge in [-0.1, -0.05) is 19.4 Å². The van der Waals surface area contributed by atoms with Crippen LogP contribution in [-0.2, 0) is 0 Å². The van der Waals surface area contributed by atoms with Gasteiger partial charge in [0.25, 0.3) is 0 Å². The van der Waals surface area contributed by atoms with Crippen molar-refractivity contribution in [3.63, 3.8) is 0 Å². The van der Waals surface area contributed by atoms with Gasteiger partial charge in [-0.05, 0) is 36.6 Å². The van der Waals surface area contributed by atoms with Crippen LogP contribution in [0.2, 0.25) is 0 Å². The zero-order valence-electron chi connectivity index (χ0n) is 17.6. The van der Waals surface area contributed by atoms with E-state index in [1.807, 2.05) is 18.2 Å². The number of carbonyl (C=O) groups excluding carboxylic acids is 1. The second-order valence-electron chi connectivity index (χ2n) is 6.44. The van der Waals surface area contributed by atoms with Crippen molar-refractivity contribution in [2.24, 2.45) is 0 Å². The zero-order chi connectivity index (χ0) is 21.4. The Morgan fingerprint density at radius 1 is 0.931 bits per heavy atom. The number of hydrogen-bond acceptors (Lipinski definition) is 6. The van der Waals surface area contributed by atoms with Gasteiger partial charge in [-0.2, -0.15) is 0 Å². The average Bonchev–Trinajstić information content (AvgIpc) is 2.75. The molecule has 6 nitrogen and oxygen atoms in total. The second-order valence-corrected chi connectivity index (χ2v) is 6.44. The van der Waals surface area contributed by atoms with Crippen LogP contribution in [0.15, 0.2) is 35.9 Å². The Morgan fingerprint density at radius 3 is 2.21 bits per heavy atom. The maximum absolute atomic E-state index is 13.3. The fourth-order valence-corrected chi connectivity index (χ4v) is 3.01. The lowest BCUT2D eigenvalue weighted by atomic mass is 9.95. The molecule has 0 amide bonds. The normalized spacial score (nSPS) is 11.1. The number of aromatic hydroxyl groups is 1. The minimum absolute atomic E-state index is 0.121. The van der Waals surface area contributed by atoms with Crippen LogP contribution in [0.1, 0.15) is 42.1 Å². The van der Waals surface area contributed by atoms with Gasteiger partial charge >= 0.3 is 0 Å². The summed E-state index contributed by atoms with van der Waals surface area (Å²) < 4.78 is 21.1. The van der Waals surface area contributed by atoms with Gasteiger partial charge < -0.3 is 24.1 Å². The summed E-state index contributed by atoms with van der Waals surface area (Å²) in [5, 5.41) is 10.5. The predicted molar refractivity (Wildman–Crippen MR) is 113 cm³/mol. The third-order valence-corrected chi connectivity index (χ3v) is 4.58. The molecule has 2 rings (SSSR count). The first-order valence-electron chi connectivity index (χ1n) is 9.41. The predicted octanol–water partition coefficient (Wildman–Crippen LogP) is 4.88. The average molecular weight is 400 g/mol. The van der Waals surface area contributed by atoms with E-state index in [2.05, 4.69) is 6.92 Å². The molecule has 1 N–H and O–H groups in total. The number of methoxy groups -OCH3 is 4. The molecule has 29 heavy (non-hydrogen) atoms. The number of unbranched alkanes of at least 4 members (excludes halogenated alkanes) is 1. The minimum atomic E-state index is -0.287. The third-order valence-electron chi connectivity index (χ3n) is 4.58. The second kappa shape index (κ2) is 10.4. The van der Waals surface area contributed by atoms with E-state index in [1.165, 1.54) is 20.3 Å². The van der Waals surface area contributed by atoms with Crippen molar-refractivity contribution in [1.29, 1.82) is 0 Å². The zero-order valence-corrected chi connectivity index (χ0v) is 17.6. The van der Waals surface area contributed by atoms with E-state index in [0.29, 0.717) is 29.2 Å². The molecule has 0 unspecified atom stereocenters. The van der Waals surface area contributed by atoms with Crippen LogP contribution in [0.4, 0.5) is 0 Å². The van der Waals surface area contributed by atoms with Crippen molar-refractivity contribution in [3.8, 4) is 28.7 Å². The van der Waals surface area contributed by atoms with Crippen molar-refractivity contribution in [1.82, 2.24) is 0 Å². The van der Waals surface area contributed by atoms with E-state index in [1.54, 1.807) is 26.4 Å². The van der Waals surface area contributed by atoms with Gasteiger partial charge in [-0.25, -0.2) is 0 Å². The van der Waals surface area contributed by atoms with Crippen LogP contribution in [0.25, 0.3) is 6.08 Å². The summed E-state index contributed by atoms with van der Waals surface area (Å²) in [6.45, 7) is 2.06.